The largest absolute Gasteiger partial charge is 0.456 e. The van der Waals surface area contributed by atoms with Gasteiger partial charge in [-0.1, -0.05) is 0 Å². The smallest absolute Gasteiger partial charge is 0.377 e. The van der Waals surface area contributed by atoms with Gasteiger partial charge in [0.2, 0.25) is 0 Å². The average Bonchev–Trinajstić information content (AvgIpc) is 2.41. The number of hydrogen-bond acceptors (Lipinski definition) is 4. The van der Waals surface area contributed by atoms with Gasteiger partial charge in [-0.15, -0.1) is 0 Å². The Hall–Kier alpha value is -0.750. The van der Waals surface area contributed by atoms with E-state index in [-0.39, 0.29) is 12.6 Å². The molecule has 1 heterocycles. The van der Waals surface area contributed by atoms with Crippen LogP contribution in [0.1, 0.15) is 20.3 Å². The maximum Gasteiger partial charge on any atom is 0.377 e. The number of carbonyl (C=O) groups is 1. The average molecular weight is 237 g/mol. The number of hydrogen-bond donors (Lipinski definition) is 1. The van der Waals surface area contributed by atoms with E-state index in [2.05, 4.69) is 10.1 Å². The Morgan fingerprint density at radius 2 is 2.38 bits per heavy atom. The van der Waals surface area contributed by atoms with Crippen LogP contribution in [0, 0.1) is 0 Å². The van der Waals surface area contributed by atoms with Crippen molar-refractivity contribution in [3.8, 4) is 0 Å². The molecule has 0 amide bonds. The second-order valence-corrected chi connectivity index (χ2v) is 3.86. The number of ether oxygens (including phenoxy) is 2. The second-order valence-electron chi connectivity index (χ2n) is 3.86. The molecule has 1 fully saturated rings. The molecule has 0 bridgehead atoms. The summed E-state index contributed by atoms with van der Waals surface area (Å²) >= 11 is 0. The van der Waals surface area contributed by atoms with Gasteiger partial charge in [-0.25, -0.2) is 4.79 Å². The number of carbonyl (C=O) groups excluding carboxylic acids is 1. The van der Waals surface area contributed by atoms with Crippen molar-refractivity contribution in [2.75, 3.05) is 19.7 Å². The molecule has 2 unspecified atom stereocenters. The van der Waals surface area contributed by atoms with Crippen LogP contribution in [-0.2, 0) is 14.3 Å². The van der Waals surface area contributed by atoms with Crippen molar-refractivity contribution in [3.05, 3.63) is 0 Å². The van der Waals surface area contributed by atoms with Crippen molar-refractivity contribution < 1.29 is 23.0 Å². The highest BCUT2D eigenvalue weighted by atomic mass is 19.3. The first-order valence-electron chi connectivity index (χ1n) is 5.37. The summed E-state index contributed by atoms with van der Waals surface area (Å²) in [6.07, 6.45) is -1.26. The maximum absolute atomic E-state index is 12.8. The third-order valence-corrected chi connectivity index (χ3v) is 2.31. The Balaban J connectivity index is 2.18. The van der Waals surface area contributed by atoms with Crippen molar-refractivity contribution in [3.63, 3.8) is 0 Å². The first-order chi connectivity index (χ1) is 7.45. The number of esters is 1. The minimum absolute atomic E-state index is 0.0163. The van der Waals surface area contributed by atoms with Crippen LogP contribution in [0.5, 0.6) is 0 Å². The summed E-state index contributed by atoms with van der Waals surface area (Å²) in [6.45, 7) is 5.16. The monoisotopic (exact) mass is 237 g/mol. The Morgan fingerprint density at radius 3 is 2.88 bits per heavy atom. The fourth-order valence-electron chi connectivity index (χ4n) is 1.55. The molecule has 0 radical (unpaired) electrons. The van der Waals surface area contributed by atoms with Crippen LogP contribution < -0.4 is 5.32 Å². The molecule has 0 aliphatic carbocycles. The molecule has 1 aliphatic rings. The molecule has 16 heavy (non-hydrogen) atoms. The third kappa shape index (κ3) is 3.68. The molecule has 0 aromatic heterocycles. The molecule has 0 spiro atoms. The van der Waals surface area contributed by atoms with E-state index in [0.717, 1.165) is 0 Å². The van der Waals surface area contributed by atoms with Crippen LogP contribution in [0.25, 0.3) is 0 Å². The molecule has 6 heteroatoms. The van der Waals surface area contributed by atoms with Gasteiger partial charge in [0.15, 0.2) is 0 Å². The molecular formula is C10H17F2NO3. The summed E-state index contributed by atoms with van der Waals surface area (Å²) in [4.78, 5) is 10.7. The minimum Gasteiger partial charge on any atom is -0.456 e. The van der Waals surface area contributed by atoms with Crippen LogP contribution in [0.4, 0.5) is 8.78 Å². The number of alkyl halides is 2. The van der Waals surface area contributed by atoms with Gasteiger partial charge in [0.1, 0.15) is 6.10 Å². The van der Waals surface area contributed by atoms with E-state index < -0.39 is 24.4 Å². The van der Waals surface area contributed by atoms with E-state index in [1.165, 1.54) is 0 Å². The van der Waals surface area contributed by atoms with E-state index >= 15 is 0 Å². The molecule has 1 rings (SSSR count). The van der Waals surface area contributed by atoms with Gasteiger partial charge in [-0.2, -0.15) is 8.78 Å². The summed E-state index contributed by atoms with van der Waals surface area (Å²) in [7, 11) is 0. The van der Waals surface area contributed by atoms with Crippen LogP contribution in [-0.4, -0.2) is 43.8 Å². The fourth-order valence-corrected chi connectivity index (χ4v) is 1.55. The number of halogens is 2. The van der Waals surface area contributed by atoms with E-state index in [1.54, 1.807) is 0 Å². The van der Waals surface area contributed by atoms with Crippen LogP contribution in [0.15, 0.2) is 0 Å². The topological polar surface area (TPSA) is 47.6 Å². The first kappa shape index (κ1) is 13.3. The second kappa shape index (κ2) is 5.54. The highest BCUT2D eigenvalue weighted by molar-refractivity contribution is 5.79. The van der Waals surface area contributed by atoms with Crippen molar-refractivity contribution in [1.82, 2.24) is 5.32 Å². The molecule has 94 valence electrons. The Kier molecular flexibility index (Phi) is 4.61. The third-order valence-electron chi connectivity index (χ3n) is 2.31. The Labute approximate surface area is 93.3 Å². The summed E-state index contributed by atoms with van der Waals surface area (Å²) in [5.74, 6) is -4.74. The van der Waals surface area contributed by atoms with E-state index in [0.29, 0.717) is 13.2 Å². The highest BCUT2D eigenvalue weighted by Gasteiger charge is 2.50. The van der Waals surface area contributed by atoms with Gasteiger partial charge in [-0.05, 0) is 13.8 Å². The van der Waals surface area contributed by atoms with Gasteiger partial charge < -0.3 is 14.8 Å². The summed E-state index contributed by atoms with van der Waals surface area (Å²) in [6, 6.07) is 0. The first-order valence-corrected chi connectivity index (χ1v) is 5.37. The molecule has 1 N–H and O–H groups in total. The summed E-state index contributed by atoms with van der Waals surface area (Å²) < 4.78 is 35.3. The molecule has 4 nitrogen and oxygen atoms in total. The SMILES string of the molecule is CCOC(C)CNCC1CC(F)(F)C(=O)O1. The lowest BCUT2D eigenvalue weighted by Gasteiger charge is -2.14. The van der Waals surface area contributed by atoms with Crippen molar-refractivity contribution >= 4 is 5.97 Å². The Morgan fingerprint density at radius 1 is 1.69 bits per heavy atom. The van der Waals surface area contributed by atoms with Gasteiger partial charge >= 0.3 is 11.9 Å². The zero-order valence-electron chi connectivity index (χ0n) is 9.46. The van der Waals surface area contributed by atoms with E-state index in [1.807, 2.05) is 13.8 Å². The molecule has 0 aromatic carbocycles. The lowest BCUT2D eigenvalue weighted by Crippen LogP contribution is -2.33. The predicted octanol–water partition coefficient (Wildman–Crippen LogP) is 0.952. The minimum atomic E-state index is -3.32. The molecule has 0 saturated carbocycles. The van der Waals surface area contributed by atoms with Gasteiger partial charge in [-0.3, -0.25) is 0 Å². The predicted molar refractivity (Wildman–Crippen MR) is 53.4 cm³/mol. The summed E-state index contributed by atoms with van der Waals surface area (Å²) in [5.41, 5.74) is 0. The van der Waals surface area contributed by atoms with Gasteiger partial charge in [0.05, 0.1) is 12.5 Å². The maximum atomic E-state index is 12.8. The molecule has 0 aromatic rings. The number of nitrogens with one attached hydrogen (secondary N) is 1. The van der Waals surface area contributed by atoms with E-state index in [4.69, 9.17) is 4.74 Å². The molecule has 2 atom stereocenters. The van der Waals surface area contributed by atoms with Gasteiger partial charge in [0.25, 0.3) is 0 Å². The Bertz CT molecular complexity index is 248. The normalized spacial score (nSPS) is 25.5. The summed E-state index contributed by atoms with van der Waals surface area (Å²) in [5, 5.41) is 2.93. The van der Waals surface area contributed by atoms with Crippen LogP contribution in [0.2, 0.25) is 0 Å². The quantitative estimate of drug-likeness (QED) is 0.699. The lowest BCUT2D eigenvalue weighted by molar-refractivity contribution is -0.159. The standard InChI is InChI=1S/C10H17F2NO3/c1-3-15-7(2)5-13-6-8-4-10(11,12)9(14)16-8/h7-8,13H,3-6H2,1-2H3. The highest BCUT2D eigenvalue weighted by Crippen LogP contribution is 2.30. The molecular weight excluding hydrogens is 220 g/mol. The van der Waals surface area contributed by atoms with Crippen LogP contribution in [0.3, 0.4) is 0 Å². The number of rotatable bonds is 6. The zero-order valence-corrected chi connectivity index (χ0v) is 9.46. The van der Waals surface area contributed by atoms with E-state index in [9.17, 15) is 13.6 Å². The van der Waals surface area contributed by atoms with Gasteiger partial charge in [0, 0.05) is 19.7 Å². The lowest BCUT2D eigenvalue weighted by atomic mass is 10.2. The number of cyclic esters (lactones) is 1. The fraction of sp³-hybridized carbons (Fsp3) is 0.900. The van der Waals surface area contributed by atoms with Crippen LogP contribution >= 0.6 is 0 Å². The zero-order chi connectivity index (χ0) is 12.2. The van der Waals surface area contributed by atoms with Crippen molar-refractivity contribution in [1.29, 1.82) is 0 Å². The molecule has 1 aliphatic heterocycles. The van der Waals surface area contributed by atoms with Crippen molar-refractivity contribution in [2.45, 2.75) is 38.4 Å². The van der Waals surface area contributed by atoms with Crippen molar-refractivity contribution in [2.24, 2.45) is 0 Å². The molecule has 1 saturated heterocycles.